The molecule has 33 heavy (non-hydrogen) atoms. The lowest BCUT2D eigenvalue weighted by molar-refractivity contribution is -0.112. The molecule has 162 valence electrons. The van der Waals surface area contributed by atoms with Gasteiger partial charge in [-0.05, 0) is 61.5 Å². The van der Waals surface area contributed by atoms with Crippen LogP contribution in [0.4, 0.5) is 5.69 Å². The fraction of sp³-hybridized carbons (Fsp3) is 0.0400. The van der Waals surface area contributed by atoms with E-state index in [9.17, 15) is 14.9 Å². The average molecular weight is 457 g/mol. The van der Waals surface area contributed by atoms with Crippen LogP contribution in [0, 0.1) is 18.3 Å². The van der Waals surface area contributed by atoms with Crippen LogP contribution in [0.1, 0.15) is 11.1 Å². The van der Waals surface area contributed by atoms with Crippen LogP contribution < -0.4 is 15.6 Å². The van der Waals surface area contributed by atoms with E-state index in [1.807, 2.05) is 25.1 Å². The molecule has 0 fully saturated rings. The van der Waals surface area contributed by atoms with Crippen molar-refractivity contribution in [2.45, 2.75) is 6.92 Å². The number of aryl methyl sites for hydroxylation is 1. The maximum Gasteiger partial charge on any atom is 0.269 e. The SMILES string of the molecule is Cc1ccc(Oc2nc3ccccn3c(=O)c2/C=C(/C#N)C(=O)Nc2ccc(Cl)cc2)cc1. The van der Waals surface area contributed by atoms with Crippen LogP contribution >= 0.6 is 11.6 Å². The van der Waals surface area contributed by atoms with Crippen molar-refractivity contribution in [1.29, 1.82) is 5.26 Å². The lowest BCUT2D eigenvalue weighted by Crippen LogP contribution is -2.20. The van der Waals surface area contributed by atoms with E-state index < -0.39 is 11.5 Å². The molecule has 0 spiro atoms. The molecule has 4 rings (SSSR count). The third-order valence-electron chi connectivity index (χ3n) is 4.73. The molecule has 2 heterocycles. The number of fused-ring (bicyclic) bond motifs is 1. The van der Waals surface area contributed by atoms with E-state index in [4.69, 9.17) is 16.3 Å². The lowest BCUT2D eigenvalue weighted by Gasteiger charge is -2.10. The molecule has 0 bridgehead atoms. The zero-order chi connectivity index (χ0) is 23.4. The number of halogens is 1. The normalized spacial score (nSPS) is 11.1. The molecule has 0 aliphatic rings. The van der Waals surface area contributed by atoms with E-state index in [-0.39, 0.29) is 17.0 Å². The molecule has 2 aromatic carbocycles. The fourth-order valence-corrected chi connectivity index (χ4v) is 3.15. The second-order valence-corrected chi connectivity index (χ2v) is 7.55. The maximum atomic E-state index is 13.2. The van der Waals surface area contributed by atoms with Gasteiger partial charge in [0.15, 0.2) is 0 Å². The van der Waals surface area contributed by atoms with Crippen molar-refractivity contribution in [3.63, 3.8) is 0 Å². The zero-order valence-corrected chi connectivity index (χ0v) is 18.2. The van der Waals surface area contributed by atoms with Crippen molar-refractivity contribution >= 4 is 34.9 Å². The fourth-order valence-electron chi connectivity index (χ4n) is 3.03. The van der Waals surface area contributed by atoms with Crippen LogP contribution in [0.3, 0.4) is 0 Å². The van der Waals surface area contributed by atoms with E-state index in [0.29, 0.717) is 22.1 Å². The summed E-state index contributed by atoms with van der Waals surface area (Å²) in [4.78, 5) is 30.4. The summed E-state index contributed by atoms with van der Waals surface area (Å²) in [5.41, 5.74) is 1.07. The predicted octanol–water partition coefficient (Wildman–Crippen LogP) is 4.99. The second-order valence-electron chi connectivity index (χ2n) is 7.11. The number of nitrogens with one attached hydrogen (secondary N) is 1. The maximum absolute atomic E-state index is 13.2. The van der Waals surface area contributed by atoms with Crippen molar-refractivity contribution in [1.82, 2.24) is 9.38 Å². The van der Waals surface area contributed by atoms with Crippen molar-refractivity contribution in [3.05, 3.63) is 105 Å². The first kappa shape index (κ1) is 21.8. The third kappa shape index (κ3) is 4.92. The smallest absolute Gasteiger partial charge is 0.269 e. The highest BCUT2D eigenvalue weighted by Crippen LogP contribution is 2.24. The molecule has 1 N–H and O–H groups in total. The van der Waals surface area contributed by atoms with Gasteiger partial charge in [0.05, 0.1) is 0 Å². The van der Waals surface area contributed by atoms with E-state index in [1.54, 1.807) is 60.8 Å². The van der Waals surface area contributed by atoms with Crippen LogP contribution in [-0.2, 0) is 4.79 Å². The van der Waals surface area contributed by atoms with Gasteiger partial charge in [-0.1, -0.05) is 35.4 Å². The van der Waals surface area contributed by atoms with Gasteiger partial charge in [0.2, 0.25) is 5.88 Å². The number of nitriles is 1. The van der Waals surface area contributed by atoms with Crippen LogP contribution in [0.2, 0.25) is 5.02 Å². The van der Waals surface area contributed by atoms with Crippen molar-refractivity contribution in [2.24, 2.45) is 0 Å². The summed E-state index contributed by atoms with van der Waals surface area (Å²) in [6.07, 6.45) is 2.74. The first-order valence-electron chi connectivity index (χ1n) is 9.89. The summed E-state index contributed by atoms with van der Waals surface area (Å²) < 4.78 is 7.20. The number of benzene rings is 2. The number of ether oxygens (including phenoxy) is 1. The van der Waals surface area contributed by atoms with Crippen molar-refractivity contribution < 1.29 is 9.53 Å². The number of aromatic nitrogens is 2. The molecule has 0 aliphatic heterocycles. The molecule has 7 nitrogen and oxygen atoms in total. The number of anilines is 1. The summed E-state index contributed by atoms with van der Waals surface area (Å²) in [5, 5.41) is 12.8. The molecule has 0 unspecified atom stereocenters. The number of nitrogens with zero attached hydrogens (tertiary/aromatic N) is 3. The molecule has 0 aliphatic carbocycles. The van der Waals surface area contributed by atoms with Gasteiger partial charge in [-0.25, -0.2) is 0 Å². The second kappa shape index (κ2) is 9.39. The Bertz CT molecular complexity index is 1470. The van der Waals surface area contributed by atoms with Crippen molar-refractivity contribution in [3.8, 4) is 17.7 Å². The summed E-state index contributed by atoms with van der Waals surface area (Å²) in [6.45, 7) is 1.94. The van der Waals surface area contributed by atoms with Gasteiger partial charge in [-0.3, -0.25) is 14.0 Å². The van der Waals surface area contributed by atoms with Gasteiger partial charge in [0, 0.05) is 16.9 Å². The molecule has 0 atom stereocenters. The van der Waals surface area contributed by atoms with Crippen LogP contribution in [0.15, 0.2) is 83.3 Å². The number of pyridine rings is 1. The standard InChI is InChI=1S/C25H17ClN4O3/c1-16-5-11-20(12-6-16)33-24-21(25(32)30-13-3-2-4-22(30)29-24)14-17(15-27)23(31)28-19-9-7-18(26)8-10-19/h2-14H,1H3,(H,28,31)/b17-14-. The highest BCUT2D eigenvalue weighted by atomic mass is 35.5. The van der Waals surface area contributed by atoms with Gasteiger partial charge in [0.1, 0.15) is 28.6 Å². The predicted molar refractivity (Wildman–Crippen MR) is 126 cm³/mol. The van der Waals surface area contributed by atoms with E-state index in [1.165, 1.54) is 10.5 Å². The summed E-state index contributed by atoms with van der Waals surface area (Å²) in [6, 6.07) is 20.6. The Morgan fingerprint density at radius 2 is 1.85 bits per heavy atom. The molecule has 0 saturated carbocycles. The molecule has 0 saturated heterocycles. The Balaban J connectivity index is 1.78. The Labute approximate surface area is 194 Å². The Morgan fingerprint density at radius 1 is 1.12 bits per heavy atom. The number of carbonyl (C=O) groups excluding carboxylic acids is 1. The van der Waals surface area contributed by atoms with Crippen LogP contribution in [0.5, 0.6) is 11.6 Å². The van der Waals surface area contributed by atoms with Gasteiger partial charge in [-0.2, -0.15) is 10.2 Å². The number of amides is 1. The Hall–Kier alpha value is -4.41. The first-order chi connectivity index (χ1) is 15.9. The summed E-state index contributed by atoms with van der Waals surface area (Å²) >= 11 is 5.87. The largest absolute Gasteiger partial charge is 0.438 e. The first-order valence-corrected chi connectivity index (χ1v) is 10.3. The molecule has 8 heteroatoms. The minimum atomic E-state index is -0.682. The quantitative estimate of drug-likeness (QED) is 0.337. The monoisotopic (exact) mass is 456 g/mol. The lowest BCUT2D eigenvalue weighted by atomic mass is 10.1. The minimum absolute atomic E-state index is 0.0119. The molecular formula is C25H17ClN4O3. The number of rotatable bonds is 5. The van der Waals surface area contributed by atoms with Crippen molar-refractivity contribution in [2.75, 3.05) is 5.32 Å². The zero-order valence-electron chi connectivity index (χ0n) is 17.4. The van der Waals surface area contributed by atoms with E-state index in [0.717, 1.165) is 5.56 Å². The Morgan fingerprint density at radius 3 is 2.55 bits per heavy atom. The highest BCUT2D eigenvalue weighted by molar-refractivity contribution is 6.30. The third-order valence-corrected chi connectivity index (χ3v) is 4.98. The van der Waals surface area contributed by atoms with Crippen LogP contribution in [0.25, 0.3) is 11.7 Å². The van der Waals surface area contributed by atoms with Crippen LogP contribution in [-0.4, -0.2) is 15.3 Å². The van der Waals surface area contributed by atoms with E-state index >= 15 is 0 Å². The van der Waals surface area contributed by atoms with Gasteiger partial charge in [-0.15, -0.1) is 0 Å². The molecule has 2 aromatic heterocycles. The Kier molecular flexibility index (Phi) is 6.20. The van der Waals surface area contributed by atoms with Gasteiger partial charge < -0.3 is 10.1 Å². The molecular weight excluding hydrogens is 440 g/mol. The van der Waals surface area contributed by atoms with E-state index in [2.05, 4.69) is 10.3 Å². The highest BCUT2D eigenvalue weighted by Gasteiger charge is 2.17. The average Bonchev–Trinajstić information content (AvgIpc) is 2.82. The number of hydrogen-bond acceptors (Lipinski definition) is 5. The summed E-state index contributed by atoms with van der Waals surface area (Å²) in [7, 11) is 0. The van der Waals surface area contributed by atoms with Gasteiger partial charge >= 0.3 is 0 Å². The molecule has 4 aromatic rings. The number of carbonyl (C=O) groups is 1. The van der Waals surface area contributed by atoms with Gasteiger partial charge in [0.25, 0.3) is 11.5 Å². The molecule has 0 radical (unpaired) electrons. The number of hydrogen-bond donors (Lipinski definition) is 1. The minimum Gasteiger partial charge on any atom is -0.438 e. The topological polar surface area (TPSA) is 96.5 Å². The molecule has 1 amide bonds. The summed E-state index contributed by atoms with van der Waals surface area (Å²) in [5.74, 6) is -0.229.